The summed E-state index contributed by atoms with van der Waals surface area (Å²) in [7, 11) is 0. The van der Waals surface area contributed by atoms with Crippen LogP contribution in [0.2, 0.25) is 0 Å². The third kappa shape index (κ3) is 6.94. The van der Waals surface area contributed by atoms with E-state index in [-0.39, 0.29) is 24.0 Å². The van der Waals surface area contributed by atoms with Crippen molar-refractivity contribution in [2.75, 3.05) is 49.5 Å². The Morgan fingerprint density at radius 3 is 2.30 bits per heavy atom. The van der Waals surface area contributed by atoms with Gasteiger partial charge in [0.1, 0.15) is 0 Å². The summed E-state index contributed by atoms with van der Waals surface area (Å²) in [6, 6.07) is 7.79. The van der Waals surface area contributed by atoms with Gasteiger partial charge in [0.05, 0.1) is 6.54 Å². The van der Waals surface area contributed by atoms with Gasteiger partial charge in [-0.15, -0.1) is 6.58 Å². The number of hydrogen-bond donors (Lipinski definition) is 3. The zero-order valence-corrected chi connectivity index (χ0v) is 16.5. The molecule has 0 unspecified atom stereocenters. The molecule has 2 rings (SSSR count). The summed E-state index contributed by atoms with van der Waals surface area (Å²) in [6.45, 7) is 13.4. The third-order valence-corrected chi connectivity index (χ3v) is 4.14. The fourth-order valence-corrected chi connectivity index (χ4v) is 2.82. The van der Waals surface area contributed by atoms with Gasteiger partial charge in [0.25, 0.3) is 0 Å². The fourth-order valence-electron chi connectivity index (χ4n) is 2.82. The van der Waals surface area contributed by atoms with Crippen molar-refractivity contribution in [1.82, 2.24) is 15.5 Å². The maximum absolute atomic E-state index is 12.2. The molecule has 1 aliphatic heterocycles. The summed E-state index contributed by atoms with van der Waals surface area (Å²) in [5.41, 5.74) is 1.64. The van der Waals surface area contributed by atoms with Crippen LogP contribution in [0.4, 0.5) is 16.2 Å². The topological polar surface area (TPSA) is 76.7 Å². The van der Waals surface area contributed by atoms with Gasteiger partial charge in [-0.05, 0) is 45.0 Å². The lowest BCUT2D eigenvalue weighted by Crippen LogP contribution is -2.55. The lowest BCUT2D eigenvalue weighted by atomic mass is 10.1. The summed E-state index contributed by atoms with van der Waals surface area (Å²) < 4.78 is 0. The van der Waals surface area contributed by atoms with Crippen molar-refractivity contribution in [2.45, 2.75) is 26.3 Å². The number of anilines is 2. The second kappa shape index (κ2) is 9.41. The van der Waals surface area contributed by atoms with Crippen LogP contribution in [-0.2, 0) is 4.79 Å². The van der Waals surface area contributed by atoms with Crippen LogP contribution in [0.3, 0.4) is 0 Å². The first-order valence-corrected chi connectivity index (χ1v) is 9.32. The molecular formula is C20H31N5O2. The minimum Gasteiger partial charge on any atom is -0.368 e. The monoisotopic (exact) mass is 373 g/mol. The average Bonchev–Trinajstić information content (AvgIpc) is 2.61. The van der Waals surface area contributed by atoms with Crippen molar-refractivity contribution in [3.05, 3.63) is 36.9 Å². The first kappa shape index (κ1) is 20.8. The lowest BCUT2D eigenvalue weighted by Gasteiger charge is -2.37. The molecule has 1 aromatic rings. The van der Waals surface area contributed by atoms with E-state index in [0.29, 0.717) is 19.6 Å². The number of nitrogens with one attached hydrogen (secondary N) is 3. The van der Waals surface area contributed by atoms with Crippen molar-refractivity contribution in [3.63, 3.8) is 0 Å². The molecule has 0 aliphatic carbocycles. The van der Waals surface area contributed by atoms with E-state index in [9.17, 15) is 9.59 Å². The minimum absolute atomic E-state index is 0.00901. The van der Waals surface area contributed by atoms with E-state index in [4.69, 9.17) is 0 Å². The maximum atomic E-state index is 12.2. The molecule has 0 saturated carbocycles. The van der Waals surface area contributed by atoms with Gasteiger partial charge in [-0.1, -0.05) is 6.08 Å². The van der Waals surface area contributed by atoms with Crippen LogP contribution in [0.1, 0.15) is 20.8 Å². The summed E-state index contributed by atoms with van der Waals surface area (Å²) in [6.07, 6.45) is 1.72. The Bertz CT molecular complexity index is 643. The van der Waals surface area contributed by atoms with E-state index < -0.39 is 0 Å². The molecule has 1 saturated heterocycles. The highest BCUT2D eigenvalue weighted by Gasteiger charge is 2.24. The molecule has 0 bridgehead atoms. The van der Waals surface area contributed by atoms with Crippen molar-refractivity contribution in [1.29, 1.82) is 0 Å². The van der Waals surface area contributed by atoms with Crippen LogP contribution in [0.25, 0.3) is 0 Å². The van der Waals surface area contributed by atoms with Gasteiger partial charge in [0.2, 0.25) is 5.91 Å². The van der Waals surface area contributed by atoms with Crippen molar-refractivity contribution in [3.8, 4) is 0 Å². The average molecular weight is 374 g/mol. The van der Waals surface area contributed by atoms with Gasteiger partial charge in [-0.25, -0.2) is 4.79 Å². The highest BCUT2D eigenvalue weighted by molar-refractivity contribution is 5.92. The number of hydrogen-bond acceptors (Lipinski definition) is 4. The third-order valence-electron chi connectivity index (χ3n) is 4.14. The van der Waals surface area contributed by atoms with Gasteiger partial charge in [-0.2, -0.15) is 0 Å². The molecule has 27 heavy (non-hydrogen) atoms. The Hall–Kier alpha value is -2.54. The van der Waals surface area contributed by atoms with Crippen LogP contribution in [0.5, 0.6) is 0 Å². The Labute approximate surface area is 161 Å². The second-order valence-corrected chi connectivity index (χ2v) is 7.67. The molecule has 3 N–H and O–H groups in total. The normalized spacial score (nSPS) is 14.6. The molecule has 1 aliphatic rings. The van der Waals surface area contributed by atoms with E-state index >= 15 is 0 Å². The van der Waals surface area contributed by atoms with Crippen LogP contribution < -0.4 is 20.9 Å². The van der Waals surface area contributed by atoms with E-state index in [1.54, 1.807) is 6.08 Å². The van der Waals surface area contributed by atoms with E-state index in [0.717, 1.165) is 24.5 Å². The zero-order chi connectivity index (χ0) is 19.9. The minimum atomic E-state index is -0.227. The van der Waals surface area contributed by atoms with E-state index in [2.05, 4.69) is 27.4 Å². The van der Waals surface area contributed by atoms with Crippen LogP contribution in [0, 0.1) is 0 Å². The Morgan fingerprint density at radius 2 is 1.74 bits per heavy atom. The number of carbonyl (C=O) groups excluding carboxylic acids is 2. The molecule has 0 radical (unpaired) electrons. The Kier molecular flexibility index (Phi) is 7.24. The number of benzene rings is 1. The van der Waals surface area contributed by atoms with E-state index in [1.807, 2.05) is 49.9 Å². The molecule has 7 heteroatoms. The Balaban J connectivity index is 1.82. The molecule has 1 fully saturated rings. The molecule has 0 spiro atoms. The predicted octanol–water partition coefficient (Wildman–Crippen LogP) is 2.03. The maximum Gasteiger partial charge on any atom is 0.317 e. The quantitative estimate of drug-likeness (QED) is 0.527. The van der Waals surface area contributed by atoms with Crippen LogP contribution >= 0.6 is 0 Å². The Morgan fingerprint density at radius 1 is 1.11 bits per heavy atom. The molecule has 1 heterocycles. The standard InChI is InChI=1S/C20H31N5O2/c1-5-10-21-15-18(26)22-16-6-8-17(9-7-16)24-11-13-25(14-12-24)19(27)23-20(2,3)4/h5-9,21H,1,10-15H2,2-4H3,(H,22,26)(H,23,27). The number of urea groups is 1. The SMILES string of the molecule is C=CCNCC(=O)Nc1ccc(N2CCN(C(=O)NC(C)(C)C)CC2)cc1. The van der Waals surface area contributed by atoms with Crippen LogP contribution in [-0.4, -0.2) is 61.6 Å². The first-order chi connectivity index (χ1) is 12.8. The second-order valence-electron chi connectivity index (χ2n) is 7.67. The number of rotatable bonds is 6. The summed E-state index contributed by atoms with van der Waals surface area (Å²) in [5.74, 6) is -0.0805. The summed E-state index contributed by atoms with van der Waals surface area (Å²) >= 11 is 0. The number of amides is 3. The van der Waals surface area contributed by atoms with Crippen molar-refractivity contribution in [2.24, 2.45) is 0 Å². The highest BCUT2D eigenvalue weighted by atomic mass is 16.2. The molecule has 7 nitrogen and oxygen atoms in total. The lowest BCUT2D eigenvalue weighted by molar-refractivity contribution is -0.115. The highest BCUT2D eigenvalue weighted by Crippen LogP contribution is 2.19. The molecule has 148 valence electrons. The van der Waals surface area contributed by atoms with Gasteiger partial charge in [0, 0.05) is 49.6 Å². The number of carbonyl (C=O) groups is 2. The van der Waals surface area contributed by atoms with E-state index in [1.165, 1.54) is 0 Å². The largest absolute Gasteiger partial charge is 0.368 e. The van der Waals surface area contributed by atoms with Gasteiger partial charge in [0.15, 0.2) is 0 Å². The molecule has 0 atom stereocenters. The van der Waals surface area contributed by atoms with Gasteiger partial charge < -0.3 is 25.8 Å². The van der Waals surface area contributed by atoms with Crippen LogP contribution in [0.15, 0.2) is 36.9 Å². The smallest absolute Gasteiger partial charge is 0.317 e. The fraction of sp³-hybridized carbons (Fsp3) is 0.500. The van der Waals surface area contributed by atoms with Crippen molar-refractivity contribution < 1.29 is 9.59 Å². The molecular weight excluding hydrogens is 342 g/mol. The first-order valence-electron chi connectivity index (χ1n) is 9.32. The predicted molar refractivity (Wildman–Crippen MR) is 110 cm³/mol. The van der Waals surface area contributed by atoms with Gasteiger partial charge in [-0.3, -0.25) is 4.79 Å². The van der Waals surface area contributed by atoms with Crippen molar-refractivity contribution >= 4 is 23.3 Å². The molecule has 0 aromatic heterocycles. The summed E-state index contributed by atoms with van der Waals surface area (Å²) in [5, 5.41) is 8.83. The summed E-state index contributed by atoms with van der Waals surface area (Å²) in [4.78, 5) is 28.2. The van der Waals surface area contributed by atoms with Gasteiger partial charge >= 0.3 is 6.03 Å². The molecule has 1 aromatic carbocycles. The number of nitrogens with zero attached hydrogens (tertiary/aromatic N) is 2. The molecule has 3 amide bonds. The number of piperazine rings is 1. The zero-order valence-electron chi connectivity index (χ0n) is 16.5.